The standard InChI is InChI=1S/C21H28N6O/c22-15-5-11-26(12-6-15)20-17(3-1-9-24-20)19(28)18-4-2-10-25-21(18)27-13-7-16(23)8-14-27/h1-4,9-10,15-16H,5-8,11-14,22-23H2. The topological polar surface area (TPSA) is 101 Å². The minimum atomic E-state index is -0.0315. The van der Waals surface area contributed by atoms with Gasteiger partial charge in [-0.15, -0.1) is 0 Å². The van der Waals surface area contributed by atoms with Crippen molar-refractivity contribution in [3.05, 3.63) is 47.8 Å². The average Bonchev–Trinajstić information content (AvgIpc) is 2.74. The molecule has 0 aliphatic carbocycles. The van der Waals surface area contributed by atoms with Gasteiger partial charge < -0.3 is 21.3 Å². The monoisotopic (exact) mass is 380 g/mol. The highest BCUT2D eigenvalue weighted by Crippen LogP contribution is 2.28. The number of ketones is 1. The molecule has 4 rings (SSSR count). The predicted molar refractivity (Wildman–Crippen MR) is 111 cm³/mol. The summed E-state index contributed by atoms with van der Waals surface area (Å²) in [4.78, 5) is 26.9. The predicted octanol–water partition coefficient (Wildman–Crippen LogP) is 1.56. The Hall–Kier alpha value is -2.51. The molecule has 28 heavy (non-hydrogen) atoms. The molecule has 0 aromatic carbocycles. The molecule has 0 spiro atoms. The minimum Gasteiger partial charge on any atom is -0.356 e. The van der Waals surface area contributed by atoms with E-state index in [9.17, 15) is 4.79 Å². The number of carbonyl (C=O) groups is 1. The Bertz CT molecular complexity index is 758. The molecule has 2 aliphatic rings. The molecule has 2 aliphatic heterocycles. The van der Waals surface area contributed by atoms with E-state index in [1.165, 1.54) is 0 Å². The van der Waals surface area contributed by atoms with Crippen molar-refractivity contribution in [1.29, 1.82) is 0 Å². The van der Waals surface area contributed by atoms with E-state index in [0.29, 0.717) is 11.1 Å². The number of pyridine rings is 2. The third-order valence-corrected chi connectivity index (χ3v) is 5.74. The molecule has 2 aromatic rings. The number of aromatic nitrogens is 2. The van der Waals surface area contributed by atoms with E-state index in [2.05, 4.69) is 19.8 Å². The summed E-state index contributed by atoms with van der Waals surface area (Å²) >= 11 is 0. The first kappa shape index (κ1) is 18.8. The Balaban J connectivity index is 1.64. The maximum Gasteiger partial charge on any atom is 0.200 e. The summed E-state index contributed by atoms with van der Waals surface area (Å²) in [6, 6.07) is 7.83. The molecule has 4 N–H and O–H groups in total. The molecule has 0 bridgehead atoms. The molecule has 7 heteroatoms. The Kier molecular flexibility index (Phi) is 5.54. The summed E-state index contributed by atoms with van der Waals surface area (Å²) in [5.41, 5.74) is 13.3. The number of carbonyl (C=O) groups excluding carboxylic acids is 1. The number of nitrogens with zero attached hydrogens (tertiary/aromatic N) is 4. The smallest absolute Gasteiger partial charge is 0.200 e. The van der Waals surface area contributed by atoms with Crippen LogP contribution in [0.2, 0.25) is 0 Å². The van der Waals surface area contributed by atoms with Crippen molar-refractivity contribution in [2.75, 3.05) is 36.0 Å². The van der Waals surface area contributed by atoms with Gasteiger partial charge in [0, 0.05) is 50.7 Å². The second-order valence-electron chi connectivity index (χ2n) is 7.73. The van der Waals surface area contributed by atoms with Crippen LogP contribution in [-0.4, -0.2) is 54.0 Å². The first-order valence-electron chi connectivity index (χ1n) is 10.1. The van der Waals surface area contributed by atoms with Crippen LogP contribution in [0.5, 0.6) is 0 Å². The van der Waals surface area contributed by atoms with Gasteiger partial charge in [0.25, 0.3) is 0 Å². The fourth-order valence-corrected chi connectivity index (χ4v) is 4.02. The van der Waals surface area contributed by atoms with Crippen LogP contribution in [-0.2, 0) is 0 Å². The normalized spacial score (nSPS) is 19.1. The summed E-state index contributed by atoms with van der Waals surface area (Å²) in [6.45, 7) is 3.29. The van der Waals surface area contributed by atoms with Gasteiger partial charge in [0.1, 0.15) is 11.6 Å². The van der Waals surface area contributed by atoms with Gasteiger partial charge in [-0.05, 0) is 49.9 Å². The number of hydrogen-bond acceptors (Lipinski definition) is 7. The van der Waals surface area contributed by atoms with Crippen LogP contribution in [0.1, 0.15) is 41.6 Å². The summed E-state index contributed by atoms with van der Waals surface area (Å²) < 4.78 is 0. The molecule has 0 atom stereocenters. The van der Waals surface area contributed by atoms with Crippen molar-refractivity contribution < 1.29 is 4.79 Å². The van der Waals surface area contributed by atoms with E-state index in [4.69, 9.17) is 11.5 Å². The van der Waals surface area contributed by atoms with E-state index in [0.717, 1.165) is 63.5 Å². The molecule has 2 aromatic heterocycles. The largest absolute Gasteiger partial charge is 0.356 e. The minimum absolute atomic E-state index is 0.0315. The van der Waals surface area contributed by atoms with E-state index < -0.39 is 0 Å². The van der Waals surface area contributed by atoms with Crippen LogP contribution >= 0.6 is 0 Å². The fourth-order valence-electron chi connectivity index (χ4n) is 4.02. The van der Waals surface area contributed by atoms with Gasteiger partial charge >= 0.3 is 0 Å². The van der Waals surface area contributed by atoms with E-state index >= 15 is 0 Å². The second kappa shape index (κ2) is 8.24. The van der Waals surface area contributed by atoms with Gasteiger partial charge in [0.2, 0.25) is 0 Å². The van der Waals surface area contributed by atoms with Crippen molar-refractivity contribution in [2.24, 2.45) is 11.5 Å². The first-order valence-corrected chi connectivity index (χ1v) is 10.1. The molecule has 0 radical (unpaired) electrons. The molecule has 148 valence electrons. The lowest BCUT2D eigenvalue weighted by Gasteiger charge is -2.33. The number of rotatable bonds is 4. The van der Waals surface area contributed by atoms with Crippen LogP contribution in [0.15, 0.2) is 36.7 Å². The Labute approximate surface area is 165 Å². The molecular weight excluding hydrogens is 352 g/mol. The van der Waals surface area contributed by atoms with Crippen molar-refractivity contribution in [2.45, 2.75) is 37.8 Å². The molecule has 2 saturated heterocycles. The Morgan fingerprint density at radius 2 is 1.18 bits per heavy atom. The fraction of sp³-hybridized carbons (Fsp3) is 0.476. The van der Waals surface area contributed by atoms with Gasteiger partial charge in [-0.1, -0.05) is 0 Å². The zero-order valence-electron chi connectivity index (χ0n) is 16.1. The van der Waals surface area contributed by atoms with E-state index in [-0.39, 0.29) is 17.9 Å². The number of piperidine rings is 2. The zero-order valence-corrected chi connectivity index (χ0v) is 16.1. The van der Waals surface area contributed by atoms with Gasteiger partial charge in [0.05, 0.1) is 11.1 Å². The highest BCUT2D eigenvalue weighted by molar-refractivity contribution is 6.14. The van der Waals surface area contributed by atoms with Gasteiger partial charge in [-0.3, -0.25) is 4.79 Å². The molecular formula is C21H28N6O. The van der Waals surface area contributed by atoms with Crippen LogP contribution in [0.3, 0.4) is 0 Å². The number of hydrogen-bond donors (Lipinski definition) is 2. The van der Waals surface area contributed by atoms with E-state index in [1.54, 1.807) is 12.4 Å². The van der Waals surface area contributed by atoms with Crippen molar-refractivity contribution in [1.82, 2.24) is 9.97 Å². The van der Waals surface area contributed by atoms with Crippen LogP contribution in [0.25, 0.3) is 0 Å². The third-order valence-electron chi connectivity index (χ3n) is 5.74. The average molecular weight is 380 g/mol. The molecule has 2 fully saturated rings. The summed E-state index contributed by atoms with van der Waals surface area (Å²) in [5, 5.41) is 0. The summed E-state index contributed by atoms with van der Waals surface area (Å²) in [5.74, 6) is 1.46. The van der Waals surface area contributed by atoms with Crippen LogP contribution in [0.4, 0.5) is 11.6 Å². The summed E-state index contributed by atoms with van der Waals surface area (Å²) in [7, 11) is 0. The highest BCUT2D eigenvalue weighted by Gasteiger charge is 2.26. The second-order valence-corrected chi connectivity index (χ2v) is 7.73. The van der Waals surface area contributed by atoms with Crippen molar-refractivity contribution in [3.63, 3.8) is 0 Å². The molecule has 0 amide bonds. The number of nitrogens with two attached hydrogens (primary N) is 2. The van der Waals surface area contributed by atoms with Gasteiger partial charge in [-0.2, -0.15) is 0 Å². The lowest BCUT2D eigenvalue weighted by molar-refractivity contribution is 0.103. The first-order chi connectivity index (χ1) is 13.6. The Morgan fingerprint density at radius 1 is 0.786 bits per heavy atom. The zero-order chi connectivity index (χ0) is 19.5. The molecule has 4 heterocycles. The van der Waals surface area contributed by atoms with E-state index in [1.807, 2.05) is 24.3 Å². The molecule has 0 saturated carbocycles. The van der Waals surface area contributed by atoms with Crippen molar-refractivity contribution >= 4 is 17.4 Å². The Morgan fingerprint density at radius 3 is 1.57 bits per heavy atom. The van der Waals surface area contributed by atoms with Crippen LogP contribution < -0.4 is 21.3 Å². The summed E-state index contributed by atoms with van der Waals surface area (Å²) in [6.07, 6.45) is 7.15. The maximum atomic E-state index is 13.5. The van der Waals surface area contributed by atoms with Gasteiger partial charge in [0.15, 0.2) is 5.78 Å². The quantitative estimate of drug-likeness (QED) is 0.776. The number of anilines is 2. The molecule has 7 nitrogen and oxygen atoms in total. The van der Waals surface area contributed by atoms with Gasteiger partial charge in [-0.25, -0.2) is 9.97 Å². The van der Waals surface area contributed by atoms with Crippen LogP contribution in [0, 0.1) is 0 Å². The highest BCUT2D eigenvalue weighted by atomic mass is 16.1. The lowest BCUT2D eigenvalue weighted by Crippen LogP contribution is -2.41. The molecule has 0 unspecified atom stereocenters. The lowest BCUT2D eigenvalue weighted by atomic mass is 10.0. The third kappa shape index (κ3) is 3.86. The van der Waals surface area contributed by atoms with Crippen molar-refractivity contribution in [3.8, 4) is 0 Å². The maximum absolute atomic E-state index is 13.5. The SMILES string of the molecule is NC1CCN(c2ncccc2C(=O)c2cccnc2N2CCC(N)CC2)CC1.